The number of aromatic nitrogens is 2. The second-order valence-corrected chi connectivity index (χ2v) is 6.73. The van der Waals surface area contributed by atoms with Crippen molar-refractivity contribution in [1.29, 1.82) is 0 Å². The van der Waals surface area contributed by atoms with Gasteiger partial charge in [0.1, 0.15) is 6.54 Å². The molecule has 30 heavy (non-hydrogen) atoms. The monoisotopic (exact) mass is 400 g/mol. The molecule has 1 aromatic heterocycles. The highest BCUT2D eigenvalue weighted by molar-refractivity contribution is 5.97. The number of ketones is 1. The Morgan fingerprint density at radius 3 is 2.47 bits per heavy atom. The summed E-state index contributed by atoms with van der Waals surface area (Å²) < 4.78 is 11.7. The van der Waals surface area contributed by atoms with Crippen LogP contribution in [0.3, 0.4) is 0 Å². The molecule has 0 spiro atoms. The molecule has 4 rings (SSSR count). The second kappa shape index (κ2) is 8.21. The van der Waals surface area contributed by atoms with Gasteiger partial charge in [-0.05, 0) is 35.0 Å². The normalized spacial score (nSPS) is 10.7. The molecule has 0 aliphatic heterocycles. The van der Waals surface area contributed by atoms with E-state index < -0.39 is 0 Å². The average molecular weight is 400 g/mol. The SMILES string of the molecule is COc1ccc(C(=O)Cn2nc(-c3cccc4ccccc34)ccc2=O)cc1OC. The molecule has 0 saturated carbocycles. The van der Waals surface area contributed by atoms with Crippen LogP contribution in [0.5, 0.6) is 11.5 Å². The van der Waals surface area contributed by atoms with Gasteiger partial charge in [-0.3, -0.25) is 9.59 Å². The van der Waals surface area contributed by atoms with Gasteiger partial charge in [-0.1, -0.05) is 42.5 Å². The van der Waals surface area contributed by atoms with E-state index in [-0.39, 0.29) is 17.9 Å². The lowest BCUT2D eigenvalue weighted by Crippen LogP contribution is -2.26. The molecule has 1 heterocycles. The van der Waals surface area contributed by atoms with Crippen LogP contribution in [0.1, 0.15) is 10.4 Å². The molecule has 0 amide bonds. The van der Waals surface area contributed by atoms with Gasteiger partial charge < -0.3 is 9.47 Å². The summed E-state index contributed by atoms with van der Waals surface area (Å²) >= 11 is 0. The van der Waals surface area contributed by atoms with Crippen molar-refractivity contribution in [2.45, 2.75) is 6.54 Å². The van der Waals surface area contributed by atoms with E-state index in [1.807, 2.05) is 42.5 Å². The van der Waals surface area contributed by atoms with Gasteiger partial charge in [0, 0.05) is 17.2 Å². The molecule has 0 radical (unpaired) electrons. The number of nitrogens with zero attached hydrogens (tertiary/aromatic N) is 2. The van der Waals surface area contributed by atoms with E-state index >= 15 is 0 Å². The van der Waals surface area contributed by atoms with Crippen LogP contribution in [-0.4, -0.2) is 29.8 Å². The molecule has 0 bridgehead atoms. The minimum absolute atomic E-state index is 0.174. The predicted molar refractivity (Wildman–Crippen MR) is 115 cm³/mol. The maximum atomic E-state index is 12.8. The van der Waals surface area contributed by atoms with Gasteiger partial charge >= 0.3 is 0 Å². The van der Waals surface area contributed by atoms with Gasteiger partial charge in [0.2, 0.25) is 0 Å². The number of benzene rings is 3. The van der Waals surface area contributed by atoms with Crippen molar-refractivity contribution >= 4 is 16.6 Å². The van der Waals surface area contributed by atoms with E-state index in [0.29, 0.717) is 22.8 Å². The Kier molecular flexibility index (Phi) is 5.30. The maximum Gasteiger partial charge on any atom is 0.267 e. The quantitative estimate of drug-likeness (QED) is 0.458. The smallest absolute Gasteiger partial charge is 0.267 e. The Labute approximate surface area is 173 Å². The molecule has 6 heteroatoms. The third kappa shape index (κ3) is 3.67. The highest BCUT2D eigenvalue weighted by atomic mass is 16.5. The molecular formula is C24H20N2O4. The highest BCUT2D eigenvalue weighted by Gasteiger charge is 2.14. The van der Waals surface area contributed by atoms with E-state index in [4.69, 9.17) is 9.47 Å². The van der Waals surface area contributed by atoms with Gasteiger partial charge in [-0.2, -0.15) is 5.10 Å². The van der Waals surface area contributed by atoms with Crippen LogP contribution in [0.25, 0.3) is 22.0 Å². The van der Waals surface area contributed by atoms with Crippen LogP contribution in [-0.2, 0) is 6.54 Å². The van der Waals surface area contributed by atoms with E-state index in [2.05, 4.69) is 5.10 Å². The Morgan fingerprint density at radius 1 is 0.900 bits per heavy atom. The molecule has 0 aliphatic carbocycles. The molecule has 0 atom stereocenters. The second-order valence-electron chi connectivity index (χ2n) is 6.73. The van der Waals surface area contributed by atoms with Crippen LogP contribution < -0.4 is 15.0 Å². The zero-order valence-corrected chi connectivity index (χ0v) is 16.7. The van der Waals surface area contributed by atoms with Crippen molar-refractivity contribution in [3.8, 4) is 22.8 Å². The predicted octanol–water partition coefficient (Wildman–Crippen LogP) is 3.96. The molecule has 4 aromatic rings. The summed E-state index contributed by atoms with van der Waals surface area (Å²) in [5.74, 6) is 0.732. The van der Waals surface area contributed by atoms with Crippen LogP contribution in [0.2, 0.25) is 0 Å². The molecular weight excluding hydrogens is 380 g/mol. The first kappa shape index (κ1) is 19.4. The lowest BCUT2D eigenvalue weighted by Gasteiger charge is -2.11. The van der Waals surface area contributed by atoms with Gasteiger partial charge in [-0.25, -0.2) is 4.68 Å². The molecule has 0 N–H and O–H groups in total. The topological polar surface area (TPSA) is 70.4 Å². The van der Waals surface area contributed by atoms with E-state index in [1.165, 1.54) is 25.0 Å². The fourth-order valence-corrected chi connectivity index (χ4v) is 3.39. The summed E-state index contributed by atoms with van der Waals surface area (Å²) in [4.78, 5) is 25.2. The summed E-state index contributed by atoms with van der Waals surface area (Å²) in [6, 6.07) is 21.9. The number of carbonyl (C=O) groups excluding carboxylic acids is 1. The number of hydrogen-bond donors (Lipinski definition) is 0. The van der Waals surface area contributed by atoms with Gasteiger partial charge in [0.25, 0.3) is 5.56 Å². The van der Waals surface area contributed by atoms with Crippen LogP contribution in [0.15, 0.2) is 77.6 Å². The van der Waals surface area contributed by atoms with Crippen molar-refractivity contribution in [2.75, 3.05) is 14.2 Å². The fourth-order valence-electron chi connectivity index (χ4n) is 3.39. The van der Waals surface area contributed by atoms with Crippen molar-refractivity contribution < 1.29 is 14.3 Å². The third-order valence-corrected chi connectivity index (χ3v) is 4.93. The van der Waals surface area contributed by atoms with Crippen molar-refractivity contribution in [3.05, 3.63) is 88.7 Å². The lowest BCUT2D eigenvalue weighted by atomic mass is 10.0. The number of hydrogen-bond acceptors (Lipinski definition) is 5. The van der Waals surface area contributed by atoms with Crippen molar-refractivity contribution in [3.63, 3.8) is 0 Å². The van der Waals surface area contributed by atoms with E-state index in [9.17, 15) is 9.59 Å². The summed E-state index contributed by atoms with van der Waals surface area (Å²) in [7, 11) is 3.04. The Bertz CT molecular complexity index is 1290. The van der Waals surface area contributed by atoms with Gasteiger partial charge in [0.05, 0.1) is 19.9 Å². The summed E-state index contributed by atoms with van der Waals surface area (Å²) in [6.45, 7) is -0.174. The maximum absolute atomic E-state index is 12.8. The summed E-state index contributed by atoms with van der Waals surface area (Å²) in [5.41, 5.74) is 1.61. The Balaban J connectivity index is 1.69. The van der Waals surface area contributed by atoms with Gasteiger partial charge in [-0.15, -0.1) is 0 Å². The average Bonchev–Trinajstić information content (AvgIpc) is 2.79. The van der Waals surface area contributed by atoms with Crippen LogP contribution >= 0.6 is 0 Å². The number of carbonyl (C=O) groups is 1. The number of rotatable bonds is 6. The number of Topliss-reactive ketones (excluding diaryl/α,β-unsaturated/α-hetero) is 1. The van der Waals surface area contributed by atoms with E-state index in [1.54, 1.807) is 24.3 Å². The highest BCUT2D eigenvalue weighted by Crippen LogP contribution is 2.28. The number of ether oxygens (including phenoxy) is 2. The largest absolute Gasteiger partial charge is 0.493 e. The Morgan fingerprint density at radius 2 is 1.67 bits per heavy atom. The lowest BCUT2D eigenvalue weighted by molar-refractivity contribution is 0.0965. The minimum Gasteiger partial charge on any atom is -0.493 e. The fraction of sp³-hybridized carbons (Fsp3) is 0.125. The van der Waals surface area contributed by atoms with Gasteiger partial charge in [0.15, 0.2) is 17.3 Å². The van der Waals surface area contributed by atoms with Crippen molar-refractivity contribution in [2.24, 2.45) is 0 Å². The molecule has 3 aromatic carbocycles. The molecule has 0 saturated heterocycles. The summed E-state index contributed by atoms with van der Waals surface area (Å²) in [6.07, 6.45) is 0. The summed E-state index contributed by atoms with van der Waals surface area (Å²) in [5, 5.41) is 6.57. The van der Waals surface area contributed by atoms with Crippen molar-refractivity contribution in [1.82, 2.24) is 9.78 Å². The van der Waals surface area contributed by atoms with E-state index in [0.717, 1.165) is 16.3 Å². The van der Waals surface area contributed by atoms with Crippen LogP contribution in [0, 0.1) is 0 Å². The zero-order valence-electron chi connectivity index (χ0n) is 16.7. The standard InChI is InChI=1S/C24H20N2O4/c1-29-22-12-10-17(14-23(22)30-2)21(27)15-26-24(28)13-11-20(25-26)19-9-5-7-16-6-3-4-8-18(16)19/h3-14H,15H2,1-2H3. The number of fused-ring (bicyclic) bond motifs is 1. The molecule has 0 fully saturated rings. The molecule has 150 valence electrons. The molecule has 6 nitrogen and oxygen atoms in total. The first-order valence-electron chi connectivity index (χ1n) is 9.42. The minimum atomic E-state index is -0.340. The number of methoxy groups -OCH3 is 2. The molecule has 0 aliphatic rings. The third-order valence-electron chi connectivity index (χ3n) is 4.93. The first-order valence-corrected chi connectivity index (χ1v) is 9.42. The van der Waals surface area contributed by atoms with Crippen LogP contribution in [0.4, 0.5) is 0 Å². The Hall–Kier alpha value is -3.93. The molecule has 0 unspecified atom stereocenters. The zero-order chi connectivity index (χ0) is 21.1. The first-order chi connectivity index (χ1) is 14.6.